The summed E-state index contributed by atoms with van der Waals surface area (Å²) in [6, 6.07) is -0.887. The average molecular weight is 1090 g/mol. The van der Waals surface area contributed by atoms with E-state index in [9.17, 15) is 19.0 Å². The van der Waals surface area contributed by atoms with Gasteiger partial charge in [0.05, 0.1) is 33.8 Å². The molecule has 1 amide bonds. The van der Waals surface area contributed by atoms with Crippen molar-refractivity contribution in [2.45, 2.75) is 322 Å². The number of nitrogens with zero attached hydrogens (tertiary/aromatic N) is 1. The van der Waals surface area contributed by atoms with Crippen molar-refractivity contribution in [3.05, 3.63) is 48.6 Å². The molecule has 3 atom stereocenters. The lowest BCUT2D eigenvalue weighted by Crippen LogP contribution is -2.47. The number of carbonyl (C=O) groups is 2. The highest BCUT2D eigenvalue weighted by Crippen LogP contribution is 2.38. The van der Waals surface area contributed by atoms with Crippen LogP contribution in [-0.4, -0.2) is 69.4 Å². The van der Waals surface area contributed by atoms with Crippen LogP contribution >= 0.6 is 7.82 Å². The van der Waals surface area contributed by atoms with Crippen LogP contribution < -0.4 is 10.2 Å². The quantitative estimate of drug-likeness (QED) is 0.0212. The van der Waals surface area contributed by atoms with Gasteiger partial charge >= 0.3 is 5.97 Å². The lowest BCUT2D eigenvalue weighted by molar-refractivity contribution is -0.870. The molecular weight excluding hydrogens is 964 g/mol. The van der Waals surface area contributed by atoms with Crippen LogP contribution in [-0.2, 0) is 27.9 Å². The molecule has 0 aliphatic heterocycles. The Kier molecular flexibility index (Phi) is 54.7. The molecule has 0 aromatic heterocycles. The summed E-state index contributed by atoms with van der Waals surface area (Å²) in [6.07, 6.45) is 69.3. The highest BCUT2D eigenvalue weighted by atomic mass is 31.2. The molecule has 9 nitrogen and oxygen atoms in total. The van der Waals surface area contributed by atoms with E-state index in [1.54, 1.807) is 0 Å². The first-order valence-corrected chi connectivity index (χ1v) is 33.9. The number of allylic oxidation sites excluding steroid dienone is 7. The molecule has 0 saturated heterocycles. The van der Waals surface area contributed by atoms with Crippen molar-refractivity contribution in [1.29, 1.82) is 0 Å². The first-order chi connectivity index (χ1) is 36.9. The molecule has 1 N–H and O–H groups in total. The zero-order valence-corrected chi connectivity index (χ0v) is 51.9. The van der Waals surface area contributed by atoms with E-state index in [0.29, 0.717) is 17.4 Å². The molecule has 0 fully saturated rings. The Morgan fingerprint density at radius 1 is 0.461 bits per heavy atom. The predicted octanol–water partition coefficient (Wildman–Crippen LogP) is 19.4. The molecule has 0 spiro atoms. The Labute approximate surface area is 471 Å². The summed E-state index contributed by atoms with van der Waals surface area (Å²) < 4.78 is 30.3. The summed E-state index contributed by atoms with van der Waals surface area (Å²) in [5.74, 6) is -0.533. The highest BCUT2D eigenvalue weighted by Gasteiger charge is 2.27. The fourth-order valence-corrected chi connectivity index (χ4v) is 10.2. The van der Waals surface area contributed by atoms with Gasteiger partial charge in [0.1, 0.15) is 19.3 Å². The molecule has 0 heterocycles. The zero-order valence-electron chi connectivity index (χ0n) is 51.0. The second kappa shape index (κ2) is 56.3. The van der Waals surface area contributed by atoms with Crippen LogP contribution in [0.4, 0.5) is 0 Å². The number of phosphoric acid groups is 1. The fraction of sp³-hybridized carbons (Fsp3) is 0.848. The van der Waals surface area contributed by atoms with Crippen molar-refractivity contribution in [2.75, 3.05) is 40.9 Å². The molecule has 0 aromatic rings. The van der Waals surface area contributed by atoms with Gasteiger partial charge in [-0.1, -0.05) is 275 Å². The standard InChI is InChI=1S/C66H125N2O7P/c1-7-10-13-16-19-22-25-28-30-31-32-33-34-35-36-37-39-41-44-47-50-53-56-59-66(70)75-64(57-54-51-48-45-42-27-24-21-18-15-12-9-3)63(62-74-76(71,72)73-61-60-68(4,5)6)67-65(69)58-55-52-49-46-43-40-38-29-26-23-20-17-14-11-8-2/h19,22,28,30,32-33,54,57,63-64H,7-18,20-21,23-27,29,31,34-53,55-56,58-62H2,1-6H3,(H-,67,69,71,72)/b22-19-,30-28-,33-32-,57-54+. The first kappa shape index (κ1) is 74.0. The normalized spacial score (nSPS) is 13.9. The number of unbranched alkanes of at least 4 members (excludes halogenated alkanes) is 37. The van der Waals surface area contributed by atoms with Crippen LogP contribution in [0.3, 0.4) is 0 Å². The molecule has 76 heavy (non-hydrogen) atoms. The highest BCUT2D eigenvalue weighted by molar-refractivity contribution is 7.45. The topological polar surface area (TPSA) is 114 Å². The number of phosphoric ester groups is 1. The van der Waals surface area contributed by atoms with Gasteiger partial charge in [0, 0.05) is 12.8 Å². The van der Waals surface area contributed by atoms with Crippen molar-refractivity contribution < 1.29 is 37.3 Å². The third kappa shape index (κ3) is 56.7. The van der Waals surface area contributed by atoms with Gasteiger partial charge in [-0.2, -0.15) is 0 Å². The first-order valence-electron chi connectivity index (χ1n) is 32.4. The molecule has 0 aliphatic carbocycles. The van der Waals surface area contributed by atoms with Gasteiger partial charge in [-0.15, -0.1) is 0 Å². The number of esters is 1. The van der Waals surface area contributed by atoms with Gasteiger partial charge in [-0.3, -0.25) is 14.2 Å². The van der Waals surface area contributed by atoms with Crippen LogP contribution in [0.25, 0.3) is 0 Å². The molecule has 0 saturated carbocycles. The summed E-state index contributed by atoms with van der Waals surface area (Å²) in [5, 5.41) is 3.03. The largest absolute Gasteiger partial charge is 0.756 e. The van der Waals surface area contributed by atoms with E-state index >= 15 is 0 Å². The van der Waals surface area contributed by atoms with Gasteiger partial charge in [-0.05, 0) is 70.3 Å². The van der Waals surface area contributed by atoms with Crippen LogP contribution in [0.15, 0.2) is 48.6 Å². The van der Waals surface area contributed by atoms with Gasteiger partial charge < -0.3 is 28.5 Å². The van der Waals surface area contributed by atoms with E-state index in [1.165, 1.54) is 205 Å². The predicted molar refractivity (Wildman–Crippen MR) is 326 cm³/mol. The minimum atomic E-state index is -4.70. The Balaban J connectivity index is 5.15. The molecule has 0 rings (SSSR count). The minimum absolute atomic E-state index is 0.0214. The average Bonchev–Trinajstić information content (AvgIpc) is 3.38. The summed E-state index contributed by atoms with van der Waals surface area (Å²) >= 11 is 0. The number of carbonyl (C=O) groups excluding carboxylic acids is 2. The van der Waals surface area contributed by atoms with E-state index in [0.717, 1.165) is 70.6 Å². The van der Waals surface area contributed by atoms with E-state index in [4.69, 9.17) is 13.8 Å². The van der Waals surface area contributed by atoms with Crippen molar-refractivity contribution in [1.82, 2.24) is 5.32 Å². The lowest BCUT2D eigenvalue weighted by Gasteiger charge is -2.30. The monoisotopic (exact) mass is 1090 g/mol. The number of likely N-dealkylation sites (N-methyl/N-ethyl adjacent to an activating group) is 1. The van der Waals surface area contributed by atoms with E-state index in [1.807, 2.05) is 33.3 Å². The summed E-state index contributed by atoms with van der Waals surface area (Å²) in [6.45, 7) is 6.85. The van der Waals surface area contributed by atoms with Crippen LogP contribution in [0.5, 0.6) is 0 Å². The summed E-state index contributed by atoms with van der Waals surface area (Å²) in [7, 11) is 1.19. The smallest absolute Gasteiger partial charge is 0.306 e. The van der Waals surface area contributed by atoms with Crippen LogP contribution in [0.2, 0.25) is 0 Å². The minimum Gasteiger partial charge on any atom is -0.756 e. The fourth-order valence-electron chi connectivity index (χ4n) is 9.47. The van der Waals surface area contributed by atoms with Crippen molar-refractivity contribution in [2.24, 2.45) is 0 Å². The third-order valence-corrected chi connectivity index (χ3v) is 15.5. The van der Waals surface area contributed by atoms with E-state index in [2.05, 4.69) is 62.5 Å². The van der Waals surface area contributed by atoms with Crippen molar-refractivity contribution in [3.8, 4) is 0 Å². The zero-order chi connectivity index (χ0) is 55.7. The number of rotatable bonds is 59. The van der Waals surface area contributed by atoms with Crippen molar-refractivity contribution >= 4 is 19.7 Å². The molecular formula is C66H125N2O7P. The third-order valence-electron chi connectivity index (χ3n) is 14.5. The molecule has 3 unspecified atom stereocenters. The number of ether oxygens (including phenoxy) is 1. The Morgan fingerprint density at radius 3 is 1.22 bits per heavy atom. The van der Waals surface area contributed by atoms with Gasteiger partial charge in [0.25, 0.3) is 7.82 Å². The number of amides is 1. The summed E-state index contributed by atoms with van der Waals surface area (Å²) in [5.41, 5.74) is 0. The Hall–Kier alpha value is -2.03. The SMILES string of the molecule is CCCCC/C=C\C/C=C\C/C=C\CCCCCCCCCCCCC(=O)OC(/C=C/CCCCCCCCCCCC)C(COP(=O)([O-])OCC[N+](C)(C)C)NC(=O)CCCCCCCCCCCCCCCCC. The molecule has 0 aromatic carbocycles. The van der Waals surface area contributed by atoms with E-state index < -0.39 is 20.0 Å². The molecule has 10 heteroatoms. The van der Waals surface area contributed by atoms with Gasteiger partial charge in [0.15, 0.2) is 0 Å². The second-order valence-corrected chi connectivity index (χ2v) is 24.7. The molecule has 0 aliphatic rings. The molecule has 0 bridgehead atoms. The van der Waals surface area contributed by atoms with Crippen LogP contribution in [0, 0.1) is 0 Å². The summed E-state index contributed by atoms with van der Waals surface area (Å²) in [4.78, 5) is 40.0. The van der Waals surface area contributed by atoms with Gasteiger partial charge in [0.2, 0.25) is 5.91 Å². The van der Waals surface area contributed by atoms with Gasteiger partial charge in [-0.25, -0.2) is 0 Å². The van der Waals surface area contributed by atoms with E-state index in [-0.39, 0.29) is 31.5 Å². The maximum atomic E-state index is 13.5. The Morgan fingerprint density at radius 2 is 0.803 bits per heavy atom. The second-order valence-electron chi connectivity index (χ2n) is 23.3. The van der Waals surface area contributed by atoms with Crippen LogP contribution in [0.1, 0.15) is 310 Å². The number of hydrogen-bond acceptors (Lipinski definition) is 7. The van der Waals surface area contributed by atoms with Crippen molar-refractivity contribution in [3.63, 3.8) is 0 Å². The number of nitrogens with one attached hydrogen (secondary N) is 1. The number of quaternary nitrogens is 1. The number of hydrogen-bond donors (Lipinski definition) is 1. The maximum absolute atomic E-state index is 13.5. The molecule has 446 valence electrons. The maximum Gasteiger partial charge on any atom is 0.306 e. The Bertz CT molecular complexity index is 1440. The lowest BCUT2D eigenvalue weighted by atomic mass is 10.0. The molecule has 0 radical (unpaired) electrons.